The molecule has 7 heteroatoms. The first-order valence-electron chi connectivity index (χ1n) is 7.82. The minimum Gasteiger partial charge on any atom is -0.497 e. The molecule has 0 spiro atoms. The van der Waals surface area contributed by atoms with Crippen molar-refractivity contribution in [3.63, 3.8) is 0 Å². The minimum atomic E-state index is -0.876. The zero-order valence-corrected chi connectivity index (χ0v) is 13.8. The SMILES string of the molecule is COc1ccc(C(CC(=O)N2CCC(C(=O)O)C2)NC(C)=O)cc1. The number of carbonyl (C=O) groups excluding carboxylic acids is 2. The highest BCUT2D eigenvalue weighted by Gasteiger charge is 2.32. The molecule has 0 saturated carbocycles. The molecule has 1 aromatic carbocycles. The molecule has 2 atom stereocenters. The number of rotatable bonds is 6. The van der Waals surface area contributed by atoms with E-state index in [2.05, 4.69) is 5.32 Å². The molecule has 1 fully saturated rings. The predicted octanol–water partition coefficient (Wildman–Crippen LogP) is 1.20. The normalized spacial score (nSPS) is 18.1. The van der Waals surface area contributed by atoms with Gasteiger partial charge in [-0.15, -0.1) is 0 Å². The van der Waals surface area contributed by atoms with Crippen LogP contribution in [0.15, 0.2) is 24.3 Å². The smallest absolute Gasteiger partial charge is 0.308 e. The van der Waals surface area contributed by atoms with E-state index in [4.69, 9.17) is 9.84 Å². The van der Waals surface area contributed by atoms with Gasteiger partial charge in [-0.2, -0.15) is 0 Å². The van der Waals surface area contributed by atoms with Gasteiger partial charge >= 0.3 is 5.97 Å². The molecule has 1 aliphatic rings. The van der Waals surface area contributed by atoms with Gasteiger partial charge in [0.25, 0.3) is 0 Å². The van der Waals surface area contributed by atoms with Gasteiger partial charge in [-0.25, -0.2) is 0 Å². The Bertz CT molecular complexity index is 614. The van der Waals surface area contributed by atoms with Crippen molar-refractivity contribution >= 4 is 17.8 Å². The third-order valence-corrected chi connectivity index (χ3v) is 4.16. The molecule has 0 radical (unpaired) electrons. The predicted molar refractivity (Wildman–Crippen MR) is 86.5 cm³/mol. The lowest BCUT2D eigenvalue weighted by Gasteiger charge is -2.22. The first-order valence-corrected chi connectivity index (χ1v) is 7.82. The average molecular weight is 334 g/mol. The summed E-state index contributed by atoms with van der Waals surface area (Å²) in [5.41, 5.74) is 0.799. The lowest BCUT2D eigenvalue weighted by Crippen LogP contribution is -2.35. The van der Waals surface area contributed by atoms with Gasteiger partial charge in [0.15, 0.2) is 0 Å². The Morgan fingerprint density at radius 2 is 2.00 bits per heavy atom. The van der Waals surface area contributed by atoms with Crippen LogP contribution >= 0.6 is 0 Å². The minimum absolute atomic E-state index is 0.0955. The van der Waals surface area contributed by atoms with Crippen LogP contribution in [0.5, 0.6) is 5.75 Å². The van der Waals surface area contributed by atoms with Crippen molar-refractivity contribution in [1.29, 1.82) is 0 Å². The summed E-state index contributed by atoms with van der Waals surface area (Å²) in [6.07, 6.45) is 0.562. The second kappa shape index (κ2) is 7.81. The summed E-state index contributed by atoms with van der Waals surface area (Å²) in [5, 5.41) is 11.8. The third kappa shape index (κ3) is 4.47. The van der Waals surface area contributed by atoms with Gasteiger partial charge in [0, 0.05) is 20.0 Å². The van der Waals surface area contributed by atoms with E-state index in [-0.39, 0.29) is 24.8 Å². The monoisotopic (exact) mass is 334 g/mol. The van der Waals surface area contributed by atoms with Crippen molar-refractivity contribution in [3.05, 3.63) is 29.8 Å². The van der Waals surface area contributed by atoms with Crippen LogP contribution < -0.4 is 10.1 Å². The molecule has 1 aromatic rings. The van der Waals surface area contributed by atoms with Gasteiger partial charge in [0.05, 0.1) is 25.5 Å². The summed E-state index contributed by atoms with van der Waals surface area (Å²) in [6, 6.07) is 6.69. The van der Waals surface area contributed by atoms with E-state index in [9.17, 15) is 14.4 Å². The van der Waals surface area contributed by atoms with Crippen molar-refractivity contribution < 1.29 is 24.2 Å². The van der Waals surface area contributed by atoms with E-state index in [1.807, 2.05) is 0 Å². The molecule has 0 bridgehead atoms. The molecule has 0 aromatic heterocycles. The molecule has 24 heavy (non-hydrogen) atoms. The number of nitrogens with one attached hydrogen (secondary N) is 1. The molecule has 130 valence electrons. The molecule has 2 rings (SSSR count). The summed E-state index contributed by atoms with van der Waals surface area (Å²) < 4.78 is 5.11. The Morgan fingerprint density at radius 3 is 2.50 bits per heavy atom. The van der Waals surface area contributed by atoms with Crippen LogP contribution in [0.4, 0.5) is 0 Å². The number of carboxylic acid groups (broad SMARTS) is 1. The standard InChI is InChI=1S/C17H22N2O5/c1-11(20)18-15(12-3-5-14(24-2)6-4-12)9-16(21)19-8-7-13(10-19)17(22)23/h3-6,13,15H,7-10H2,1-2H3,(H,18,20)(H,22,23). The summed E-state index contributed by atoms with van der Waals surface area (Å²) >= 11 is 0. The van der Waals surface area contributed by atoms with Gasteiger partial charge in [-0.05, 0) is 24.1 Å². The highest BCUT2D eigenvalue weighted by molar-refractivity contribution is 5.80. The maximum absolute atomic E-state index is 12.5. The molecule has 1 aliphatic heterocycles. The van der Waals surface area contributed by atoms with Crippen LogP contribution in [0.1, 0.15) is 31.4 Å². The summed E-state index contributed by atoms with van der Waals surface area (Å²) in [7, 11) is 1.57. The van der Waals surface area contributed by atoms with Crippen molar-refractivity contribution in [2.45, 2.75) is 25.8 Å². The van der Waals surface area contributed by atoms with Crippen molar-refractivity contribution in [2.24, 2.45) is 5.92 Å². The molecule has 2 unspecified atom stereocenters. The first-order chi connectivity index (χ1) is 11.4. The van der Waals surface area contributed by atoms with E-state index in [1.165, 1.54) is 6.92 Å². The van der Waals surface area contributed by atoms with Crippen molar-refractivity contribution in [1.82, 2.24) is 10.2 Å². The van der Waals surface area contributed by atoms with Gasteiger partial charge in [-0.1, -0.05) is 12.1 Å². The summed E-state index contributed by atoms with van der Waals surface area (Å²) in [5.74, 6) is -1.08. The van der Waals surface area contributed by atoms with Crippen LogP contribution in [0.2, 0.25) is 0 Å². The number of likely N-dealkylation sites (tertiary alicyclic amines) is 1. The first kappa shape index (κ1) is 17.8. The highest BCUT2D eigenvalue weighted by Crippen LogP contribution is 2.23. The fourth-order valence-corrected chi connectivity index (χ4v) is 2.83. The fourth-order valence-electron chi connectivity index (χ4n) is 2.83. The number of ether oxygens (including phenoxy) is 1. The van der Waals surface area contributed by atoms with E-state index in [0.29, 0.717) is 18.7 Å². The Hall–Kier alpha value is -2.57. The fraction of sp³-hybridized carbons (Fsp3) is 0.471. The van der Waals surface area contributed by atoms with E-state index < -0.39 is 17.9 Å². The van der Waals surface area contributed by atoms with E-state index in [0.717, 1.165) is 5.56 Å². The number of amides is 2. The summed E-state index contributed by atoms with van der Waals surface area (Å²) in [4.78, 5) is 36.5. The Labute approximate surface area is 140 Å². The molecule has 0 aliphatic carbocycles. The Balaban J connectivity index is 2.06. The van der Waals surface area contributed by atoms with Crippen LogP contribution in [0.25, 0.3) is 0 Å². The number of hydrogen-bond acceptors (Lipinski definition) is 4. The number of nitrogens with zero attached hydrogens (tertiary/aromatic N) is 1. The van der Waals surface area contributed by atoms with Crippen molar-refractivity contribution in [2.75, 3.05) is 20.2 Å². The van der Waals surface area contributed by atoms with Gasteiger partial charge in [0.1, 0.15) is 5.75 Å². The zero-order chi connectivity index (χ0) is 17.7. The lowest BCUT2D eigenvalue weighted by atomic mass is 10.0. The summed E-state index contributed by atoms with van der Waals surface area (Å²) in [6.45, 7) is 2.06. The largest absolute Gasteiger partial charge is 0.497 e. The van der Waals surface area contributed by atoms with Crippen LogP contribution in [0.3, 0.4) is 0 Å². The molecular weight excluding hydrogens is 312 g/mol. The van der Waals surface area contributed by atoms with Gasteiger partial charge in [0.2, 0.25) is 11.8 Å². The number of benzene rings is 1. The molecule has 7 nitrogen and oxygen atoms in total. The molecule has 2 amide bonds. The second-order valence-corrected chi connectivity index (χ2v) is 5.89. The van der Waals surface area contributed by atoms with E-state index >= 15 is 0 Å². The number of carbonyl (C=O) groups is 3. The van der Waals surface area contributed by atoms with Gasteiger partial charge < -0.3 is 20.1 Å². The molecular formula is C17H22N2O5. The third-order valence-electron chi connectivity index (χ3n) is 4.16. The number of hydrogen-bond donors (Lipinski definition) is 2. The molecule has 2 N–H and O–H groups in total. The highest BCUT2D eigenvalue weighted by atomic mass is 16.5. The zero-order valence-electron chi connectivity index (χ0n) is 13.8. The Morgan fingerprint density at radius 1 is 1.33 bits per heavy atom. The Kier molecular flexibility index (Phi) is 5.78. The van der Waals surface area contributed by atoms with Crippen molar-refractivity contribution in [3.8, 4) is 5.75 Å². The maximum atomic E-state index is 12.5. The van der Waals surface area contributed by atoms with Gasteiger partial charge in [-0.3, -0.25) is 14.4 Å². The van der Waals surface area contributed by atoms with Crippen LogP contribution in [-0.4, -0.2) is 48.0 Å². The van der Waals surface area contributed by atoms with E-state index in [1.54, 1.807) is 36.3 Å². The number of carboxylic acids is 1. The molecule has 1 heterocycles. The second-order valence-electron chi connectivity index (χ2n) is 5.89. The average Bonchev–Trinajstić information content (AvgIpc) is 3.04. The number of aliphatic carboxylic acids is 1. The maximum Gasteiger partial charge on any atom is 0.308 e. The lowest BCUT2D eigenvalue weighted by molar-refractivity contribution is -0.141. The number of methoxy groups -OCH3 is 1. The van der Waals surface area contributed by atoms with Crippen LogP contribution in [0, 0.1) is 5.92 Å². The topological polar surface area (TPSA) is 95.9 Å². The van der Waals surface area contributed by atoms with Crippen LogP contribution in [-0.2, 0) is 14.4 Å². The quantitative estimate of drug-likeness (QED) is 0.815. The molecule has 1 saturated heterocycles.